The molecule has 0 aliphatic heterocycles. The first-order valence-electron chi connectivity index (χ1n) is 4.38. The minimum Gasteiger partial charge on any atom is -0.397 e. The number of anilines is 2. The van der Waals surface area contributed by atoms with Crippen molar-refractivity contribution < 1.29 is 0 Å². The van der Waals surface area contributed by atoms with E-state index in [0.717, 1.165) is 21.2 Å². The molecule has 0 aliphatic carbocycles. The van der Waals surface area contributed by atoms with Crippen LogP contribution in [0, 0.1) is 0 Å². The first-order chi connectivity index (χ1) is 6.74. The fourth-order valence-corrected chi connectivity index (χ4v) is 2.22. The quantitative estimate of drug-likeness (QED) is 0.786. The Hall–Kier alpha value is -0.930. The predicted octanol–water partition coefficient (Wildman–Crippen LogP) is 3.65. The van der Waals surface area contributed by atoms with Crippen molar-refractivity contribution in [3.05, 3.63) is 34.8 Å². The zero-order chi connectivity index (χ0) is 10.1. The summed E-state index contributed by atoms with van der Waals surface area (Å²) in [5, 5.41) is 5.43. The van der Waals surface area contributed by atoms with Crippen molar-refractivity contribution in [2.75, 3.05) is 18.1 Å². The van der Waals surface area contributed by atoms with E-state index in [0.29, 0.717) is 0 Å². The van der Waals surface area contributed by atoms with Crippen LogP contribution in [0.15, 0.2) is 34.8 Å². The van der Waals surface area contributed by atoms with Gasteiger partial charge in [0.1, 0.15) is 0 Å². The van der Waals surface area contributed by atoms with Crippen LogP contribution >= 0.6 is 28.3 Å². The second-order valence-electron chi connectivity index (χ2n) is 3.12. The maximum Gasteiger partial charge on any atom is 0.0651 e. The number of rotatable bonds is 1. The van der Waals surface area contributed by atoms with E-state index in [2.05, 4.69) is 33.4 Å². The topological polar surface area (TPSA) is 38.0 Å². The molecule has 0 bridgehead atoms. The van der Waals surface area contributed by atoms with Gasteiger partial charge in [-0.3, -0.25) is 0 Å². The predicted molar refractivity (Wildman–Crippen MR) is 72.9 cm³/mol. The number of halogens is 2. The summed E-state index contributed by atoms with van der Waals surface area (Å²) in [7, 11) is 1.88. The van der Waals surface area contributed by atoms with Crippen LogP contribution in [0.1, 0.15) is 0 Å². The first kappa shape index (κ1) is 12.1. The molecule has 0 unspecified atom stereocenters. The van der Waals surface area contributed by atoms with E-state index in [1.807, 2.05) is 25.2 Å². The van der Waals surface area contributed by atoms with E-state index in [-0.39, 0.29) is 12.4 Å². The minimum atomic E-state index is 0. The molecule has 0 spiro atoms. The molecule has 0 heterocycles. The largest absolute Gasteiger partial charge is 0.397 e. The van der Waals surface area contributed by atoms with Gasteiger partial charge in [-0.1, -0.05) is 40.2 Å². The van der Waals surface area contributed by atoms with Crippen LogP contribution in [0.3, 0.4) is 0 Å². The molecule has 0 radical (unpaired) electrons. The maximum atomic E-state index is 5.91. The Morgan fingerprint density at radius 3 is 2.40 bits per heavy atom. The van der Waals surface area contributed by atoms with Gasteiger partial charge in [0.2, 0.25) is 0 Å². The molecule has 0 saturated heterocycles. The zero-order valence-corrected chi connectivity index (χ0v) is 10.7. The van der Waals surface area contributed by atoms with Crippen molar-refractivity contribution in [2.24, 2.45) is 0 Å². The van der Waals surface area contributed by atoms with Crippen molar-refractivity contribution in [2.45, 2.75) is 0 Å². The fourth-order valence-electron chi connectivity index (χ4n) is 1.63. The van der Waals surface area contributed by atoms with E-state index < -0.39 is 0 Å². The van der Waals surface area contributed by atoms with Crippen LogP contribution in [0.5, 0.6) is 0 Å². The van der Waals surface area contributed by atoms with E-state index in [1.54, 1.807) is 0 Å². The van der Waals surface area contributed by atoms with E-state index in [1.165, 1.54) is 5.39 Å². The summed E-state index contributed by atoms with van der Waals surface area (Å²) in [5.41, 5.74) is 7.66. The van der Waals surface area contributed by atoms with Gasteiger partial charge in [0.15, 0.2) is 0 Å². The highest BCUT2D eigenvalue weighted by molar-refractivity contribution is 9.10. The Kier molecular flexibility index (Phi) is 3.83. The lowest BCUT2D eigenvalue weighted by Crippen LogP contribution is -1.96. The van der Waals surface area contributed by atoms with Gasteiger partial charge in [0, 0.05) is 16.9 Å². The third kappa shape index (κ3) is 2.03. The van der Waals surface area contributed by atoms with Gasteiger partial charge in [-0.25, -0.2) is 0 Å². The monoisotopic (exact) mass is 286 g/mol. The van der Waals surface area contributed by atoms with Gasteiger partial charge >= 0.3 is 0 Å². The summed E-state index contributed by atoms with van der Waals surface area (Å²) in [4.78, 5) is 0. The van der Waals surface area contributed by atoms with E-state index in [4.69, 9.17) is 5.73 Å². The number of hydrogen-bond acceptors (Lipinski definition) is 2. The normalized spacial score (nSPS) is 9.73. The van der Waals surface area contributed by atoms with Crippen LogP contribution < -0.4 is 11.1 Å². The van der Waals surface area contributed by atoms with Crippen LogP contribution in [0.25, 0.3) is 10.8 Å². The molecule has 2 rings (SSSR count). The van der Waals surface area contributed by atoms with Crippen LogP contribution in [-0.2, 0) is 0 Å². The Balaban J connectivity index is 0.00000112. The summed E-state index contributed by atoms with van der Waals surface area (Å²) in [6.45, 7) is 0. The molecule has 0 atom stereocenters. The molecule has 0 fully saturated rings. The third-order valence-electron chi connectivity index (χ3n) is 2.27. The minimum absolute atomic E-state index is 0. The summed E-state index contributed by atoms with van der Waals surface area (Å²) in [6, 6.07) is 10.1. The van der Waals surface area contributed by atoms with E-state index in [9.17, 15) is 0 Å². The molecule has 80 valence electrons. The van der Waals surface area contributed by atoms with Crippen molar-refractivity contribution in [3.8, 4) is 0 Å². The number of nitrogens with two attached hydrogens (primary N) is 1. The highest BCUT2D eigenvalue weighted by Gasteiger charge is 2.06. The van der Waals surface area contributed by atoms with Gasteiger partial charge in [-0.2, -0.15) is 0 Å². The van der Waals surface area contributed by atoms with Crippen molar-refractivity contribution in [1.82, 2.24) is 0 Å². The molecule has 15 heavy (non-hydrogen) atoms. The summed E-state index contributed by atoms with van der Waals surface area (Å²) < 4.78 is 1.03. The molecule has 2 aromatic rings. The Labute approximate surface area is 103 Å². The number of nitrogens with one attached hydrogen (secondary N) is 1. The van der Waals surface area contributed by atoms with Crippen LogP contribution in [0.4, 0.5) is 11.4 Å². The summed E-state index contributed by atoms with van der Waals surface area (Å²) in [6.07, 6.45) is 0. The van der Waals surface area contributed by atoms with Gasteiger partial charge in [0.05, 0.1) is 11.4 Å². The highest BCUT2D eigenvalue weighted by Crippen LogP contribution is 2.34. The van der Waals surface area contributed by atoms with Crippen LogP contribution in [0.2, 0.25) is 0 Å². The molecular formula is C11H12BrClN2. The summed E-state index contributed by atoms with van der Waals surface area (Å²) in [5.74, 6) is 0. The average Bonchev–Trinajstić information content (AvgIpc) is 2.18. The zero-order valence-electron chi connectivity index (χ0n) is 8.25. The maximum absolute atomic E-state index is 5.91. The van der Waals surface area contributed by atoms with Gasteiger partial charge in [-0.05, 0) is 11.5 Å². The first-order valence-corrected chi connectivity index (χ1v) is 5.18. The fraction of sp³-hybridized carbons (Fsp3) is 0.0909. The molecule has 0 saturated carbocycles. The summed E-state index contributed by atoms with van der Waals surface area (Å²) >= 11 is 3.50. The lowest BCUT2D eigenvalue weighted by Gasteiger charge is -2.10. The molecule has 2 nitrogen and oxygen atoms in total. The lowest BCUT2D eigenvalue weighted by molar-refractivity contribution is 1.53. The highest BCUT2D eigenvalue weighted by atomic mass is 79.9. The van der Waals surface area contributed by atoms with Crippen molar-refractivity contribution in [3.63, 3.8) is 0 Å². The SMILES string of the molecule is CNc1c(N)cc(Br)c2ccccc12.Cl. The van der Waals surface area contributed by atoms with Crippen molar-refractivity contribution in [1.29, 1.82) is 0 Å². The van der Waals surface area contributed by atoms with Gasteiger partial charge in [-0.15, -0.1) is 12.4 Å². The second kappa shape index (κ2) is 4.73. The second-order valence-corrected chi connectivity index (χ2v) is 3.97. The van der Waals surface area contributed by atoms with Gasteiger partial charge in [0.25, 0.3) is 0 Å². The molecule has 2 aromatic carbocycles. The number of benzene rings is 2. The molecule has 3 N–H and O–H groups in total. The molecule has 0 aromatic heterocycles. The number of fused-ring (bicyclic) bond motifs is 1. The van der Waals surface area contributed by atoms with Crippen LogP contribution in [-0.4, -0.2) is 7.05 Å². The Morgan fingerprint density at radius 2 is 1.80 bits per heavy atom. The standard InChI is InChI=1S/C11H11BrN2.ClH/c1-14-11-8-5-3-2-4-7(8)9(12)6-10(11)13;/h2-6,14H,13H2,1H3;1H. The Bertz CT molecular complexity index is 485. The van der Waals surface area contributed by atoms with Gasteiger partial charge < -0.3 is 11.1 Å². The molecule has 0 amide bonds. The number of hydrogen-bond donors (Lipinski definition) is 2. The van der Waals surface area contributed by atoms with E-state index >= 15 is 0 Å². The third-order valence-corrected chi connectivity index (χ3v) is 2.93. The number of nitrogen functional groups attached to an aromatic ring is 1. The molecule has 4 heteroatoms. The lowest BCUT2D eigenvalue weighted by atomic mass is 10.1. The van der Waals surface area contributed by atoms with Crippen molar-refractivity contribution >= 4 is 50.5 Å². The average molecular weight is 288 g/mol. The smallest absolute Gasteiger partial charge is 0.0651 e. The molecular weight excluding hydrogens is 275 g/mol. The molecule has 0 aliphatic rings. The Morgan fingerprint density at radius 1 is 1.20 bits per heavy atom.